The number of nitrogens with zero attached hydrogens (tertiary/aromatic N) is 4. The third-order valence-corrected chi connectivity index (χ3v) is 4.13. The molecular weight excluding hydrogens is 318 g/mol. The second kappa shape index (κ2) is 7.85. The Labute approximate surface area is 146 Å². The molecule has 1 aromatic heterocycles. The summed E-state index contributed by atoms with van der Waals surface area (Å²) in [6.45, 7) is 4.97. The van der Waals surface area contributed by atoms with Gasteiger partial charge in [0.2, 0.25) is 11.9 Å². The van der Waals surface area contributed by atoms with E-state index in [4.69, 9.17) is 0 Å². The van der Waals surface area contributed by atoms with Crippen molar-refractivity contribution in [3.05, 3.63) is 48.3 Å². The van der Waals surface area contributed by atoms with E-state index in [1.54, 1.807) is 42.7 Å². The number of aromatic nitrogens is 2. The molecule has 25 heavy (non-hydrogen) atoms. The molecule has 0 radical (unpaired) electrons. The molecule has 0 saturated carbocycles. The fourth-order valence-corrected chi connectivity index (χ4v) is 2.78. The summed E-state index contributed by atoms with van der Waals surface area (Å²) in [5.74, 6) is 0.633. The highest BCUT2D eigenvalue weighted by Gasteiger charge is 2.20. The first-order chi connectivity index (χ1) is 12.1. The number of Topliss-reactive ketones (excluding diaryl/α,β-unsaturated/α-hetero) is 1. The van der Waals surface area contributed by atoms with Crippen molar-refractivity contribution < 1.29 is 9.59 Å². The fraction of sp³-hybridized carbons (Fsp3) is 0.333. The summed E-state index contributed by atoms with van der Waals surface area (Å²) in [4.78, 5) is 36.4. The van der Waals surface area contributed by atoms with E-state index in [2.05, 4.69) is 25.1 Å². The number of rotatable bonds is 5. The molecule has 0 aliphatic carbocycles. The predicted molar refractivity (Wildman–Crippen MR) is 95.8 cm³/mol. The summed E-state index contributed by atoms with van der Waals surface area (Å²) in [7, 11) is 0. The number of carbonyl (C=O) groups excluding carboxylic acids is 2. The summed E-state index contributed by atoms with van der Waals surface area (Å²) in [5.41, 5.74) is 1.24. The maximum atomic E-state index is 12.2. The van der Waals surface area contributed by atoms with Gasteiger partial charge in [-0.25, -0.2) is 9.97 Å². The highest BCUT2D eigenvalue weighted by atomic mass is 16.2. The van der Waals surface area contributed by atoms with Gasteiger partial charge in [-0.1, -0.05) is 12.1 Å². The van der Waals surface area contributed by atoms with Gasteiger partial charge in [0.05, 0.1) is 6.54 Å². The topological polar surface area (TPSA) is 78.4 Å². The number of benzene rings is 1. The van der Waals surface area contributed by atoms with Gasteiger partial charge in [-0.3, -0.25) is 14.5 Å². The minimum Gasteiger partial charge on any atom is -0.338 e. The van der Waals surface area contributed by atoms with Gasteiger partial charge >= 0.3 is 0 Å². The van der Waals surface area contributed by atoms with Crippen LogP contribution in [0.1, 0.15) is 17.3 Å². The molecule has 130 valence electrons. The highest BCUT2D eigenvalue weighted by Crippen LogP contribution is 2.12. The van der Waals surface area contributed by atoms with Crippen LogP contribution in [-0.4, -0.2) is 59.3 Å². The average molecular weight is 339 g/mol. The summed E-state index contributed by atoms with van der Waals surface area (Å²) in [5, 5.41) is 2.86. The van der Waals surface area contributed by atoms with Crippen molar-refractivity contribution in [1.82, 2.24) is 14.9 Å². The lowest BCUT2D eigenvalue weighted by Gasteiger charge is -2.34. The number of ketones is 1. The summed E-state index contributed by atoms with van der Waals surface area (Å²) >= 11 is 0. The normalized spacial score (nSPS) is 15.0. The summed E-state index contributed by atoms with van der Waals surface area (Å²) in [6.07, 6.45) is 3.47. The van der Waals surface area contributed by atoms with Gasteiger partial charge in [0.1, 0.15) is 0 Å². The van der Waals surface area contributed by atoms with E-state index in [1.165, 1.54) is 6.92 Å². The fourth-order valence-electron chi connectivity index (χ4n) is 2.78. The Kier molecular flexibility index (Phi) is 5.35. The van der Waals surface area contributed by atoms with Crippen LogP contribution in [0.4, 0.5) is 11.6 Å². The van der Waals surface area contributed by atoms with Crippen LogP contribution in [0.3, 0.4) is 0 Å². The second-order valence-corrected chi connectivity index (χ2v) is 6.00. The second-order valence-electron chi connectivity index (χ2n) is 6.00. The quantitative estimate of drug-likeness (QED) is 0.831. The van der Waals surface area contributed by atoms with E-state index < -0.39 is 0 Å². The van der Waals surface area contributed by atoms with Gasteiger partial charge in [0, 0.05) is 49.8 Å². The lowest BCUT2D eigenvalue weighted by Crippen LogP contribution is -2.49. The Morgan fingerprint density at radius 3 is 2.48 bits per heavy atom. The number of hydrogen-bond donors (Lipinski definition) is 1. The molecule has 1 aromatic carbocycles. The third-order valence-electron chi connectivity index (χ3n) is 4.13. The Morgan fingerprint density at radius 1 is 1.08 bits per heavy atom. The molecule has 1 fully saturated rings. The van der Waals surface area contributed by atoms with Gasteiger partial charge < -0.3 is 10.2 Å². The number of hydrogen-bond acceptors (Lipinski definition) is 6. The molecule has 0 bridgehead atoms. The van der Waals surface area contributed by atoms with Crippen molar-refractivity contribution in [2.75, 3.05) is 42.9 Å². The third kappa shape index (κ3) is 4.60. The molecule has 1 amide bonds. The molecule has 1 N–H and O–H groups in total. The zero-order chi connectivity index (χ0) is 17.6. The summed E-state index contributed by atoms with van der Waals surface area (Å²) in [6, 6.07) is 8.79. The van der Waals surface area contributed by atoms with Gasteiger partial charge in [-0.2, -0.15) is 0 Å². The standard InChI is InChI=1S/C18H21N5O2/c1-14(24)15-4-2-5-16(12-15)21-17(25)13-22-8-10-23(11-9-22)18-19-6-3-7-20-18/h2-7,12H,8-11,13H2,1H3,(H,21,25). The van der Waals surface area contributed by atoms with Crippen LogP contribution in [0.2, 0.25) is 0 Å². The predicted octanol–water partition coefficient (Wildman–Crippen LogP) is 1.44. The van der Waals surface area contributed by atoms with E-state index in [-0.39, 0.29) is 11.7 Å². The Bertz CT molecular complexity index is 742. The van der Waals surface area contributed by atoms with Crippen LogP contribution in [0, 0.1) is 0 Å². The van der Waals surface area contributed by atoms with E-state index in [1.807, 2.05) is 0 Å². The van der Waals surface area contributed by atoms with Gasteiger partial charge in [0.25, 0.3) is 0 Å². The van der Waals surface area contributed by atoms with Gasteiger partial charge in [-0.05, 0) is 25.1 Å². The van der Waals surface area contributed by atoms with E-state index in [0.29, 0.717) is 17.8 Å². The molecular formula is C18H21N5O2. The Balaban J connectivity index is 1.49. The Morgan fingerprint density at radius 2 is 1.80 bits per heavy atom. The lowest BCUT2D eigenvalue weighted by atomic mass is 10.1. The van der Waals surface area contributed by atoms with E-state index >= 15 is 0 Å². The number of amides is 1. The molecule has 1 saturated heterocycles. The Hall–Kier alpha value is -2.80. The van der Waals surface area contributed by atoms with E-state index in [9.17, 15) is 9.59 Å². The molecule has 0 unspecified atom stereocenters. The lowest BCUT2D eigenvalue weighted by molar-refractivity contribution is -0.117. The van der Waals surface area contributed by atoms with Crippen LogP contribution in [0.15, 0.2) is 42.7 Å². The van der Waals surface area contributed by atoms with Crippen LogP contribution in [0.25, 0.3) is 0 Å². The van der Waals surface area contributed by atoms with Crippen molar-refractivity contribution in [2.45, 2.75) is 6.92 Å². The maximum absolute atomic E-state index is 12.2. The van der Waals surface area contributed by atoms with Crippen molar-refractivity contribution in [3.63, 3.8) is 0 Å². The van der Waals surface area contributed by atoms with Crippen molar-refractivity contribution >= 4 is 23.3 Å². The first kappa shape index (κ1) is 17.0. The first-order valence-electron chi connectivity index (χ1n) is 8.27. The maximum Gasteiger partial charge on any atom is 0.238 e. The van der Waals surface area contributed by atoms with E-state index in [0.717, 1.165) is 32.1 Å². The molecule has 2 heterocycles. The number of piperazine rings is 1. The summed E-state index contributed by atoms with van der Waals surface area (Å²) < 4.78 is 0. The molecule has 3 rings (SSSR count). The van der Waals surface area contributed by atoms with Gasteiger partial charge in [0.15, 0.2) is 5.78 Å². The van der Waals surface area contributed by atoms with Crippen molar-refractivity contribution in [1.29, 1.82) is 0 Å². The molecule has 1 aliphatic rings. The van der Waals surface area contributed by atoms with Crippen LogP contribution < -0.4 is 10.2 Å². The average Bonchev–Trinajstić information content (AvgIpc) is 2.63. The first-order valence-corrected chi connectivity index (χ1v) is 8.27. The highest BCUT2D eigenvalue weighted by molar-refractivity contribution is 5.97. The van der Waals surface area contributed by atoms with Crippen LogP contribution in [-0.2, 0) is 4.79 Å². The molecule has 7 heteroatoms. The molecule has 0 spiro atoms. The minimum absolute atomic E-state index is 0.0182. The number of carbonyl (C=O) groups is 2. The molecule has 0 atom stereocenters. The molecule has 2 aromatic rings. The zero-order valence-electron chi connectivity index (χ0n) is 14.2. The smallest absolute Gasteiger partial charge is 0.238 e. The van der Waals surface area contributed by atoms with Crippen molar-refractivity contribution in [3.8, 4) is 0 Å². The monoisotopic (exact) mass is 339 g/mol. The zero-order valence-corrected chi connectivity index (χ0v) is 14.2. The SMILES string of the molecule is CC(=O)c1cccc(NC(=O)CN2CCN(c3ncccn3)CC2)c1. The number of nitrogens with one attached hydrogen (secondary N) is 1. The van der Waals surface area contributed by atoms with Crippen LogP contribution >= 0.6 is 0 Å². The number of anilines is 2. The van der Waals surface area contributed by atoms with Crippen molar-refractivity contribution in [2.24, 2.45) is 0 Å². The minimum atomic E-state index is -0.0786. The largest absolute Gasteiger partial charge is 0.338 e. The van der Waals surface area contributed by atoms with Gasteiger partial charge in [-0.15, -0.1) is 0 Å². The molecule has 7 nitrogen and oxygen atoms in total. The molecule has 1 aliphatic heterocycles. The van der Waals surface area contributed by atoms with Crippen LogP contribution in [0.5, 0.6) is 0 Å².